The number of aromatic nitrogens is 1. The number of nitrogens with zero attached hydrogens (tertiary/aromatic N) is 1. The van der Waals surface area contributed by atoms with Crippen LogP contribution < -0.4 is 10.6 Å². The molecule has 3 aromatic rings. The van der Waals surface area contributed by atoms with Crippen LogP contribution in [0.2, 0.25) is 0 Å². The van der Waals surface area contributed by atoms with Crippen LogP contribution in [0.3, 0.4) is 0 Å². The zero-order valence-corrected chi connectivity index (χ0v) is 13.1. The molecule has 2 N–H and O–H groups in total. The van der Waals surface area contributed by atoms with Crippen molar-refractivity contribution in [3.63, 3.8) is 0 Å². The van der Waals surface area contributed by atoms with Gasteiger partial charge in [-0.3, -0.25) is 4.79 Å². The van der Waals surface area contributed by atoms with Gasteiger partial charge < -0.3 is 10.6 Å². The second-order valence-corrected chi connectivity index (χ2v) is 5.36. The molecule has 4 nitrogen and oxygen atoms in total. The van der Waals surface area contributed by atoms with E-state index in [1.165, 1.54) is 12.1 Å². The zero-order valence-electron chi connectivity index (χ0n) is 13.1. The van der Waals surface area contributed by atoms with E-state index in [1.54, 1.807) is 30.5 Å². The molecule has 0 saturated carbocycles. The Hall–Kier alpha value is -3.21. The van der Waals surface area contributed by atoms with Crippen molar-refractivity contribution in [1.82, 2.24) is 4.98 Å². The van der Waals surface area contributed by atoms with Gasteiger partial charge in [0.05, 0.1) is 5.56 Å². The summed E-state index contributed by atoms with van der Waals surface area (Å²) in [5.74, 6) is -0.324. The van der Waals surface area contributed by atoms with Crippen LogP contribution in [0, 0.1) is 12.7 Å². The predicted octanol–water partition coefficient (Wildman–Crippen LogP) is 4.53. The van der Waals surface area contributed by atoms with E-state index in [0.717, 1.165) is 11.3 Å². The molecule has 5 heteroatoms. The molecule has 3 rings (SSSR count). The molecule has 1 amide bonds. The van der Waals surface area contributed by atoms with Crippen molar-refractivity contribution in [3.8, 4) is 0 Å². The van der Waals surface area contributed by atoms with E-state index >= 15 is 0 Å². The Kier molecular flexibility index (Phi) is 4.52. The highest BCUT2D eigenvalue weighted by atomic mass is 19.1. The minimum Gasteiger partial charge on any atom is -0.340 e. The number of halogens is 1. The quantitative estimate of drug-likeness (QED) is 0.742. The molecule has 120 valence electrons. The molecule has 24 heavy (non-hydrogen) atoms. The number of hydrogen-bond acceptors (Lipinski definition) is 3. The number of rotatable bonds is 4. The number of carbonyl (C=O) groups excluding carboxylic acids is 1. The lowest BCUT2D eigenvalue weighted by atomic mass is 10.2. The number of nitrogens with one attached hydrogen (secondary N) is 2. The van der Waals surface area contributed by atoms with Crippen LogP contribution >= 0.6 is 0 Å². The predicted molar refractivity (Wildman–Crippen MR) is 93.1 cm³/mol. The van der Waals surface area contributed by atoms with Gasteiger partial charge in [-0.15, -0.1) is 0 Å². The third-order valence-corrected chi connectivity index (χ3v) is 3.45. The van der Waals surface area contributed by atoms with Gasteiger partial charge in [0.25, 0.3) is 5.91 Å². The molecule has 0 spiro atoms. The van der Waals surface area contributed by atoms with E-state index < -0.39 is 5.82 Å². The van der Waals surface area contributed by atoms with E-state index in [-0.39, 0.29) is 5.91 Å². The van der Waals surface area contributed by atoms with Crippen LogP contribution in [-0.4, -0.2) is 10.9 Å². The third kappa shape index (κ3) is 3.76. The first kappa shape index (κ1) is 15.7. The van der Waals surface area contributed by atoms with Gasteiger partial charge in [-0.05, 0) is 49.4 Å². The van der Waals surface area contributed by atoms with E-state index in [0.29, 0.717) is 17.1 Å². The first-order valence-electron chi connectivity index (χ1n) is 7.47. The Morgan fingerprint density at radius 1 is 1.00 bits per heavy atom. The summed E-state index contributed by atoms with van der Waals surface area (Å²) < 4.78 is 13.2. The van der Waals surface area contributed by atoms with Crippen molar-refractivity contribution in [2.24, 2.45) is 0 Å². The molecule has 0 aliphatic carbocycles. The maximum absolute atomic E-state index is 13.2. The molecule has 0 aliphatic rings. The lowest BCUT2D eigenvalue weighted by Gasteiger charge is -2.11. The highest BCUT2D eigenvalue weighted by Crippen LogP contribution is 2.20. The smallest absolute Gasteiger partial charge is 0.259 e. The average Bonchev–Trinajstić information content (AvgIpc) is 2.57. The lowest BCUT2D eigenvalue weighted by molar-refractivity contribution is 0.102. The Labute approximate surface area is 139 Å². The summed E-state index contributed by atoms with van der Waals surface area (Å²) in [6, 6.07) is 16.9. The molecule has 0 bridgehead atoms. The SMILES string of the molecule is Cc1ccc(Nc2ncccc2C(=O)Nc2cccc(F)c2)cc1. The van der Waals surface area contributed by atoms with Crippen LogP contribution in [0.15, 0.2) is 66.9 Å². The van der Waals surface area contributed by atoms with E-state index in [2.05, 4.69) is 15.6 Å². The Morgan fingerprint density at radius 2 is 1.79 bits per heavy atom. The molecule has 0 radical (unpaired) electrons. The highest BCUT2D eigenvalue weighted by Gasteiger charge is 2.13. The molecular weight excluding hydrogens is 305 g/mol. The highest BCUT2D eigenvalue weighted by molar-refractivity contribution is 6.07. The third-order valence-electron chi connectivity index (χ3n) is 3.45. The van der Waals surface area contributed by atoms with E-state index in [4.69, 9.17) is 0 Å². The van der Waals surface area contributed by atoms with Crippen molar-refractivity contribution in [2.45, 2.75) is 6.92 Å². The summed E-state index contributed by atoms with van der Waals surface area (Å²) in [6.07, 6.45) is 1.61. The number of anilines is 3. The van der Waals surface area contributed by atoms with E-state index in [9.17, 15) is 9.18 Å². The zero-order chi connectivity index (χ0) is 16.9. The molecule has 0 unspecified atom stereocenters. The summed E-state index contributed by atoms with van der Waals surface area (Å²) in [5.41, 5.74) is 2.75. The Balaban J connectivity index is 1.83. The number of carbonyl (C=O) groups is 1. The van der Waals surface area contributed by atoms with Gasteiger partial charge in [-0.2, -0.15) is 0 Å². The van der Waals surface area contributed by atoms with Crippen molar-refractivity contribution >= 4 is 23.1 Å². The van der Waals surface area contributed by atoms with Gasteiger partial charge in [0.1, 0.15) is 11.6 Å². The first-order valence-corrected chi connectivity index (χ1v) is 7.47. The summed E-state index contributed by atoms with van der Waals surface area (Å²) in [7, 11) is 0. The summed E-state index contributed by atoms with van der Waals surface area (Å²) in [6.45, 7) is 2.00. The van der Waals surface area contributed by atoms with Crippen molar-refractivity contribution < 1.29 is 9.18 Å². The maximum Gasteiger partial charge on any atom is 0.259 e. The fourth-order valence-electron chi connectivity index (χ4n) is 2.23. The van der Waals surface area contributed by atoms with E-state index in [1.807, 2.05) is 31.2 Å². The monoisotopic (exact) mass is 321 g/mol. The van der Waals surface area contributed by atoms with Gasteiger partial charge in [0.2, 0.25) is 0 Å². The normalized spacial score (nSPS) is 10.2. The molecule has 0 fully saturated rings. The molecule has 1 heterocycles. The Morgan fingerprint density at radius 3 is 2.54 bits per heavy atom. The van der Waals surface area contributed by atoms with Gasteiger partial charge in [-0.1, -0.05) is 23.8 Å². The largest absolute Gasteiger partial charge is 0.340 e. The van der Waals surface area contributed by atoms with Crippen molar-refractivity contribution in [2.75, 3.05) is 10.6 Å². The lowest BCUT2D eigenvalue weighted by Crippen LogP contribution is -2.14. The van der Waals surface area contributed by atoms with Crippen LogP contribution in [-0.2, 0) is 0 Å². The van der Waals surface area contributed by atoms with Gasteiger partial charge >= 0.3 is 0 Å². The second-order valence-electron chi connectivity index (χ2n) is 5.36. The summed E-state index contributed by atoms with van der Waals surface area (Å²) in [4.78, 5) is 16.7. The number of benzene rings is 2. The minimum atomic E-state index is -0.406. The number of aryl methyl sites for hydroxylation is 1. The summed E-state index contributed by atoms with van der Waals surface area (Å²) >= 11 is 0. The molecule has 1 aromatic heterocycles. The molecule has 0 saturated heterocycles. The van der Waals surface area contributed by atoms with Gasteiger partial charge in [-0.25, -0.2) is 9.37 Å². The molecular formula is C19H16FN3O. The van der Waals surface area contributed by atoms with Crippen LogP contribution in [0.4, 0.5) is 21.6 Å². The van der Waals surface area contributed by atoms with Crippen molar-refractivity contribution in [1.29, 1.82) is 0 Å². The average molecular weight is 321 g/mol. The number of amides is 1. The minimum absolute atomic E-state index is 0.358. The molecule has 0 aliphatic heterocycles. The second kappa shape index (κ2) is 6.91. The maximum atomic E-state index is 13.2. The fourth-order valence-corrected chi connectivity index (χ4v) is 2.23. The fraction of sp³-hybridized carbons (Fsp3) is 0.0526. The van der Waals surface area contributed by atoms with Crippen LogP contribution in [0.1, 0.15) is 15.9 Å². The van der Waals surface area contributed by atoms with Crippen molar-refractivity contribution in [3.05, 3.63) is 83.8 Å². The number of hydrogen-bond donors (Lipinski definition) is 2. The van der Waals surface area contributed by atoms with Crippen LogP contribution in [0.5, 0.6) is 0 Å². The molecule has 0 atom stereocenters. The standard InChI is InChI=1S/C19H16FN3O/c1-13-7-9-15(10-8-13)22-18-17(6-3-11-21-18)19(24)23-16-5-2-4-14(20)12-16/h2-12H,1H3,(H,21,22)(H,23,24). The Bertz CT molecular complexity index is 862. The molecule has 2 aromatic carbocycles. The van der Waals surface area contributed by atoms with Gasteiger partial charge in [0.15, 0.2) is 0 Å². The topological polar surface area (TPSA) is 54.0 Å². The van der Waals surface area contributed by atoms with Crippen LogP contribution in [0.25, 0.3) is 0 Å². The number of pyridine rings is 1. The summed E-state index contributed by atoms with van der Waals surface area (Å²) in [5, 5.41) is 5.81. The first-order chi connectivity index (χ1) is 11.6. The van der Waals surface area contributed by atoms with Gasteiger partial charge in [0, 0.05) is 17.6 Å².